The first-order valence-corrected chi connectivity index (χ1v) is 6.62. The fourth-order valence-corrected chi connectivity index (χ4v) is 2.32. The zero-order valence-corrected chi connectivity index (χ0v) is 10.8. The Kier molecular flexibility index (Phi) is 3.26. The Hall–Kier alpha value is -2.35. The molecular formula is C11H11N3O4S. The lowest BCUT2D eigenvalue weighted by molar-refractivity contribution is 0.1000. The van der Waals surface area contributed by atoms with Gasteiger partial charge in [0.1, 0.15) is 10.6 Å². The minimum atomic E-state index is -3.97. The Labute approximate surface area is 109 Å². The molecule has 0 fully saturated rings. The molecule has 1 aromatic heterocycles. The van der Waals surface area contributed by atoms with E-state index in [1.807, 2.05) is 0 Å². The number of benzene rings is 1. The average molecular weight is 281 g/mol. The molecule has 0 saturated carbocycles. The summed E-state index contributed by atoms with van der Waals surface area (Å²) in [7, 11) is -2.38. The third kappa shape index (κ3) is 2.91. The van der Waals surface area contributed by atoms with Crippen LogP contribution >= 0.6 is 0 Å². The molecule has 0 atom stereocenters. The summed E-state index contributed by atoms with van der Waals surface area (Å²) in [6.45, 7) is 0. The summed E-state index contributed by atoms with van der Waals surface area (Å²) in [5, 5.41) is 3.75. The van der Waals surface area contributed by atoms with Crippen LogP contribution < -0.4 is 9.92 Å². The van der Waals surface area contributed by atoms with Gasteiger partial charge in [0, 0.05) is 18.8 Å². The van der Waals surface area contributed by atoms with E-state index >= 15 is 0 Å². The van der Waals surface area contributed by atoms with E-state index in [4.69, 9.17) is 9.92 Å². The van der Waals surface area contributed by atoms with Crippen molar-refractivity contribution in [3.8, 4) is 5.75 Å². The Bertz CT molecular complexity index is 721. The van der Waals surface area contributed by atoms with Gasteiger partial charge in [-0.25, -0.2) is 0 Å². The maximum absolute atomic E-state index is 11.9. The zero-order chi connectivity index (χ0) is 14.0. The highest BCUT2D eigenvalue weighted by atomic mass is 32.2. The van der Waals surface area contributed by atoms with Gasteiger partial charge in [0.15, 0.2) is 0 Å². The van der Waals surface area contributed by atoms with Crippen molar-refractivity contribution in [2.75, 3.05) is 0 Å². The van der Waals surface area contributed by atoms with Crippen LogP contribution in [0.3, 0.4) is 0 Å². The molecule has 0 spiro atoms. The fraction of sp³-hybridized carbons (Fsp3) is 0.0909. The molecule has 100 valence electrons. The molecule has 0 saturated heterocycles. The van der Waals surface area contributed by atoms with Crippen LogP contribution in [0.2, 0.25) is 0 Å². The third-order valence-corrected chi connectivity index (χ3v) is 3.49. The molecular weight excluding hydrogens is 270 g/mol. The molecule has 1 heterocycles. The van der Waals surface area contributed by atoms with Crippen molar-refractivity contribution >= 4 is 16.0 Å². The standard InChI is InChI=1S/C11H11N3O4S/c1-14-7-10(6-13-14)19(16,17)18-9-4-2-3-8(5-9)11(12)15/h2-7H,1H3,(H2,12,15). The Balaban J connectivity index is 2.30. The van der Waals surface area contributed by atoms with Gasteiger partial charge >= 0.3 is 10.1 Å². The summed E-state index contributed by atoms with van der Waals surface area (Å²) in [5.74, 6) is -0.649. The van der Waals surface area contributed by atoms with E-state index in [1.165, 1.54) is 41.3 Å². The van der Waals surface area contributed by atoms with Crippen LogP contribution in [0.1, 0.15) is 10.4 Å². The van der Waals surface area contributed by atoms with E-state index in [2.05, 4.69) is 5.10 Å². The first kappa shape index (κ1) is 13.1. The molecule has 0 bridgehead atoms. The molecule has 0 radical (unpaired) electrons. The molecule has 1 amide bonds. The molecule has 2 N–H and O–H groups in total. The number of primary amides is 1. The van der Waals surface area contributed by atoms with Gasteiger partial charge in [-0.2, -0.15) is 13.5 Å². The monoisotopic (exact) mass is 281 g/mol. The number of hydrogen-bond donors (Lipinski definition) is 1. The van der Waals surface area contributed by atoms with Crippen LogP contribution in [-0.2, 0) is 17.2 Å². The third-order valence-electron chi connectivity index (χ3n) is 2.29. The van der Waals surface area contributed by atoms with Gasteiger partial charge in [0.05, 0.1) is 6.20 Å². The van der Waals surface area contributed by atoms with Crippen molar-refractivity contribution in [1.82, 2.24) is 9.78 Å². The molecule has 0 aliphatic rings. The Morgan fingerprint density at radius 3 is 2.74 bits per heavy atom. The van der Waals surface area contributed by atoms with E-state index in [0.29, 0.717) is 0 Å². The summed E-state index contributed by atoms with van der Waals surface area (Å²) >= 11 is 0. The Morgan fingerprint density at radius 2 is 2.16 bits per heavy atom. The molecule has 19 heavy (non-hydrogen) atoms. The first-order valence-electron chi connectivity index (χ1n) is 5.21. The first-order chi connectivity index (χ1) is 8.88. The molecule has 0 unspecified atom stereocenters. The zero-order valence-electron chi connectivity index (χ0n) is 9.98. The van der Waals surface area contributed by atoms with E-state index in [-0.39, 0.29) is 16.2 Å². The number of hydrogen-bond acceptors (Lipinski definition) is 5. The van der Waals surface area contributed by atoms with Gasteiger partial charge in [-0.15, -0.1) is 0 Å². The van der Waals surface area contributed by atoms with Gasteiger partial charge < -0.3 is 9.92 Å². The summed E-state index contributed by atoms with van der Waals surface area (Å²) in [6, 6.07) is 5.62. The van der Waals surface area contributed by atoms with Gasteiger partial charge in [0.2, 0.25) is 5.91 Å². The number of aryl methyl sites for hydroxylation is 1. The lowest BCUT2D eigenvalue weighted by Crippen LogP contribution is -2.12. The average Bonchev–Trinajstić information content (AvgIpc) is 2.76. The lowest BCUT2D eigenvalue weighted by Gasteiger charge is -2.05. The van der Waals surface area contributed by atoms with Crippen molar-refractivity contribution in [1.29, 1.82) is 0 Å². The van der Waals surface area contributed by atoms with Crippen molar-refractivity contribution in [2.24, 2.45) is 12.8 Å². The van der Waals surface area contributed by atoms with Crippen LogP contribution in [0.25, 0.3) is 0 Å². The minimum absolute atomic E-state index is 0.0140. The van der Waals surface area contributed by atoms with Gasteiger partial charge in [0.25, 0.3) is 0 Å². The largest absolute Gasteiger partial charge is 0.379 e. The van der Waals surface area contributed by atoms with Crippen LogP contribution in [-0.4, -0.2) is 24.1 Å². The smallest absolute Gasteiger partial charge is 0.342 e. The SMILES string of the molecule is Cn1cc(S(=O)(=O)Oc2cccc(C(N)=O)c2)cn1. The van der Waals surface area contributed by atoms with E-state index < -0.39 is 16.0 Å². The lowest BCUT2D eigenvalue weighted by atomic mass is 10.2. The van der Waals surface area contributed by atoms with Gasteiger partial charge in [-0.1, -0.05) is 6.07 Å². The molecule has 0 aliphatic heterocycles. The van der Waals surface area contributed by atoms with Crippen LogP contribution in [0.15, 0.2) is 41.6 Å². The second kappa shape index (κ2) is 4.73. The number of aromatic nitrogens is 2. The predicted octanol–water partition coefficient (Wildman–Crippen LogP) is 0.287. The highest BCUT2D eigenvalue weighted by Crippen LogP contribution is 2.19. The maximum Gasteiger partial charge on any atom is 0.342 e. The van der Waals surface area contributed by atoms with Crippen LogP contribution in [0.4, 0.5) is 0 Å². The minimum Gasteiger partial charge on any atom is -0.379 e. The molecule has 0 aliphatic carbocycles. The highest BCUT2D eigenvalue weighted by Gasteiger charge is 2.19. The highest BCUT2D eigenvalue weighted by molar-refractivity contribution is 7.87. The topological polar surface area (TPSA) is 104 Å². The van der Waals surface area contributed by atoms with Crippen molar-refractivity contribution in [3.05, 3.63) is 42.2 Å². The number of nitrogens with zero attached hydrogens (tertiary/aromatic N) is 2. The quantitative estimate of drug-likeness (QED) is 0.811. The molecule has 1 aromatic carbocycles. The predicted molar refractivity (Wildman–Crippen MR) is 66.0 cm³/mol. The molecule has 8 heteroatoms. The van der Waals surface area contributed by atoms with Crippen molar-refractivity contribution < 1.29 is 17.4 Å². The van der Waals surface area contributed by atoms with Crippen LogP contribution in [0.5, 0.6) is 5.75 Å². The van der Waals surface area contributed by atoms with Crippen molar-refractivity contribution in [2.45, 2.75) is 4.90 Å². The summed E-state index contributed by atoms with van der Waals surface area (Å²) in [5.41, 5.74) is 5.27. The summed E-state index contributed by atoms with van der Waals surface area (Å²) in [6.07, 6.45) is 2.49. The summed E-state index contributed by atoms with van der Waals surface area (Å²) < 4.78 is 30.1. The number of carbonyl (C=O) groups excluding carboxylic acids is 1. The number of amides is 1. The molecule has 2 aromatic rings. The number of carbonyl (C=O) groups is 1. The molecule has 7 nitrogen and oxygen atoms in total. The molecule has 2 rings (SSSR count). The Morgan fingerprint density at radius 1 is 1.42 bits per heavy atom. The normalized spacial score (nSPS) is 11.2. The number of nitrogens with two attached hydrogens (primary N) is 1. The van der Waals surface area contributed by atoms with Gasteiger partial charge in [-0.3, -0.25) is 9.48 Å². The van der Waals surface area contributed by atoms with E-state index in [9.17, 15) is 13.2 Å². The fourth-order valence-electron chi connectivity index (χ4n) is 1.40. The second-order valence-electron chi connectivity index (χ2n) is 3.78. The van der Waals surface area contributed by atoms with Crippen molar-refractivity contribution in [3.63, 3.8) is 0 Å². The number of rotatable bonds is 4. The van der Waals surface area contributed by atoms with E-state index in [1.54, 1.807) is 7.05 Å². The van der Waals surface area contributed by atoms with Crippen LogP contribution in [0, 0.1) is 0 Å². The summed E-state index contributed by atoms with van der Waals surface area (Å²) in [4.78, 5) is 10.9. The van der Waals surface area contributed by atoms with E-state index in [0.717, 1.165) is 0 Å². The van der Waals surface area contributed by atoms with Gasteiger partial charge in [-0.05, 0) is 18.2 Å². The maximum atomic E-state index is 11.9. The second-order valence-corrected chi connectivity index (χ2v) is 5.33.